The number of anilines is 1. The lowest BCUT2D eigenvalue weighted by Crippen LogP contribution is -2.25. The fraction of sp³-hybridized carbons (Fsp3) is 0.333. The largest absolute Gasteiger partial charge is 0.383 e. The number of benzene rings is 1. The summed E-state index contributed by atoms with van der Waals surface area (Å²) in [6.45, 7) is 3.58. The van der Waals surface area contributed by atoms with Crippen molar-refractivity contribution in [3.63, 3.8) is 0 Å². The van der Waals surface area contributed by atoms with E-state index in [4.69, 9.17) is 5.73 Å². The molecule has 2 N–H and O–H groups in total. The van der Waals surface area contributed by atoms with Crippen LogP contribution >= 0.6 is 12.4 Å². The number of halogens is 1. The summed E-state index contributed by atoms with van der Waals surface area (Å²) in [6.07, 6.45) is 7.63. The van der Waals surface area contributed by atoms with E-state index in [0.29, 0.717) is 12.4 Å². The van der Waals surface area contributed by atoms with Crippen molar-refractivity contribution in [1.29, 1.82) is 0 Å². The van der Waals surface area contributed by atoms with Crippen LogP contribution in [0.15, 0.2) is 48.7 Å². The van der Waals surface area contributed by atoms with E-state index >= 15 is 0 Å². The monoisotopic (exact) mass is 439 g/mol. The Morgan fingerprint density at radius 1 is 1.23 bits per heavy atom. The predicted octanol–water partition coefficient (Wildman–Crippen LogP) is 3.84. The third kappa shape index (κ3) is 5.27. The van der Waals surface area contributed by atoms with Gasteiger partial charge in [-0.25, -0.2) is 4.98 Å². The number of pyridine rings is 1. The van der Waals surface area contributed by atoms with Gasteiger partial charge in [0.2, 0.25) is 5.91 Å². The van der Waals surface area contributed by atoms with Gasteiger partial charge in [-0.2, -0.15) is 0 Å². The van der Waals surface area contributed by atoms with Crippen LogP contribution < -0.4 is 5.73 Å². The van der Waals surface area contributed by atoms with E-state index in [1.807, 2.05) is 38.4 Å². The van der Waals surface area contributed by atoms with E-state index in [2.05, 4.69) is 32.7 Å². The molecule has 0 unspecified atom stereocenters. The number of hydrogen-bond donors (Lipinski definition) is 1. The molecule has 1 aromatic carbocycles. The van der Waals surface area contributed by atoms with Crippen LogP contribution in [0.25, 0.3) is 17.0 Å². The number of nitrogens with two attached hydrogens (primary N) is 1. The molecular formula is C24H30ClN5O. The second-order valence-electron chi connectivity index (χ2n) is 8.08. The third-order valence-corrected chi connectivity index (χ3v) is 5.86. The summed E-state index contributed by atoms with van der Waals surface area (Å²) in [5, 5.41) is 1.19. The van der Waals surface area contributed by atoms with Crippen molar-refractivity contribution in [2.24, 2.45) is 7.05 Å². The first-order valence-electron chi connectivity index (χ1n) is 10.4. The van der Waals surface area contributed by atoms with Crippen molar-refractivity contribution in [2.45, 2.75) is 25.9 Å². The quantitative estimate of drug-likeness (QED) is 0.592. The van der Waals surface area contributed by atoms with Gasteiger partial charge in [-0.15, -0.1) is 12.4 Å². The van der Waals surface area contributed by atoms with Gasteiger partial charge >= 0.3 is 0 Å². The summed E-state index contributed by atoms with van der Waals surface area (Å²) in [5.41, 5.74) is 10.2. The molecule has 7 heteroatoms. The highest BCUT2D eigenvalue weighted by Crippen LogP contribution is 2.20. The lowest BCUT2D eigenvalue weighted by molar-refractivity contribution is -0.125. The zero-order valence-corrected chi connectivity index (χ0v) is 18.9. The van der Waals surface area contributed by atoms with Crippen LogP contribution in [-0.4, -0.2) is 45.4 Å². The second kappa shape index (κ2) is 9.98. The van der Waals surface area contributed by atoms with Crippen LogP contribution in [0.2, 0.25) is 0 Å². The number of fused-ring (bicyclic) bond motifs is 1. The molecule has 0 bridgehead atoms. The Kier molecular flexibility index (Phi) is 7.36. The Morgan fingerprint density at radius 3 is 2.71 bits per heavy atom. The minimum Gasteiger partial charge on any atom is -0.383 e. The number of likely N-dealkylation sites (tertiary alicyclic amines) is 1. The predicted molar refractivity (Wildman–Crippen MR) is 129 cm³/mol. The summed E-state index contributed by atoms with van der Waals surface area (Å²) >= 11 is 0. The SMILES string of the molecule is CN(Cc1cc2ccccc2n1C)C(=O)C=Cc1cnc(N)c(CN2CCCC2)c1.Cl. The van der Waals surface area contributed by atoms with Gasteiger partial charge in [-0.05, 0) is 61.2 Å². The van der Waals surface area contributed by atoms with Crippen LogP contribution in [0, 0.1) is 0 Å². The minimum absolute atomic E-state index is 0. The molecule has 4 rings (SSSR count). The minimum atomic E-state index is -0.0434. The summed E-state index contributed by atoms with van der Waals surface area (Å²) < 4.78 is 2.14. The highest BCUT2D eigenvalue weighted by Gasteiger charge is 2.14. The van der Waals surface area contributed by atoms with Gasteiger partial charge in [-0.1, -0.05) is 18.2 Å². The molecule has 6 nitrogen and oxygen atoms in total. The van der Waals surface area contributed by atoms with Crippen molar-refractivity contribution < 1.29 is 4.79 Å². The molecule has 0 aliphatic carbocycles. The first-order valence-corrected chi connectivity index (χ1v) is 10.4. The molecule has 1 fully saturated rings. The number of aryl methyl sites for hydroxylation is 1. The molecule has 0 radical (unpaired) electrons. The first-order chi connectivity index (χ1) is 14.5. The number of amides is 1. The second-order valence-corrected chi connectivity index (χ2v) is 8.08. The number of carbonyl (C=O) groups excluding carboxylic acids is 1. The Hall–Kier alpha value is -2.83. The summed E-state index contributed by atoms with van der Waals surface area (Å²) in [6, 6.07) is 12.4. The number of likely N-dealkylation sites (N-methyl/N-ethyl adjacent to an activating group) is 1. The Labute approximate surface area is 189 Å². The van der Waals surface area contributed by atoms with Gasteiger partial charge in [0.15, 0.2) is 0 Å². The molecule has 3 aromatic rings. The van der Waals surface area contributed by atoms with Gasteiger partial charge in [-0.3, -0.25) is 9.69 Å². The maximum absolute atomic E-state index is 12.7. The van der Waals surface area contributed by atoms with E-state index in [-0.39, 0.29) is 18.3 Å². The standard InChI is InChI=1S/C24H29N5O.ClH/c1-27(17-21-14-19-7-3-4-8-22(19)28(21)2)23(30)10-9-18-13-20(24(25)26-15-18)16-29-11-5-6-12-29;/h3-4,7-10,13-15H,5-6,11-12,16-17H2,1-2H3,(H2,25,26);1H. The number of aromatic nitrogens is 2. The van der Waals surface area contributed by atoms with Crippen molar-refractivity contribution in [3.8, 4) is 0 Å². The van der Waals surface area contributed by atoms with E-state index in [1.165, 1.54) is 23.7 Å². The van der Waals surface area contributed by atoms with Gasteiger partial charge < -0.3 is 15.2 Å². The molecule has 0 atom stereocenters. The normalized spacial score (nSPS) is 14.3. The zero-order chi connectivity index (χ0) is 21.1. The van der Waals surface area contributed by atoms with Crippen molar-refractivity contribution in [1.82, 2.24) is 19.4 Å². The van der Waals surface area contributed by atoms with Crippen molar-refractivity contribution >= 4 is 41.1 Å². The highest BCUT2D eigenvalue weighted by molar-refractivity contribution is 5.91. The average molecular weight is 440 g/mol. The van der Waals surface area contributed by atoms with Crippen LogP contribution in [0.4, 0.5) is 5.82 Å². The molecule has 164 valence electrons. The van der Waals surface area contributed by atoms with Crippen LogP contribution in [0.1, 0.15) is 29.7 Å². The molecule has 1 amide bonds. The fourth-order valence-electron chi connectivity index (χ4n) is 4.05. The van der Waals surface area contributed by atoms with E-state index < -0.39 is 0 Å². The van der Waals surface area contributed by atoms with Gasteiger partial charge in [0.25, 0.3) is 0 Å². The molecule has 1 aliphatic rings. The topological polar surface area (TPSA) is 67.4 Å². The van der Waals surface area contributed by atoms with E-state index in [9.17, 15) is 4.79 Å². The van der Waals surface area contributed by atoms with Crippen LogP contribution in [0.3, 0.4) is 0 Å². The smallest absolute Gasteiger partial charge is 0.246 e. The maximum Gasteiger partial charge on any atom is 0.246 e. The summed E-state index contributed by atoms with van der Waals surface area (Å²) in [5.74, 6) is 0.524. The summed E-state index contributed by atoms with van der Waals surface area (Å²) in [7, 11) is 3.86. The van der Waals surface area contributed by atoms with Crippen molar-refractivity contribution in [2.75, 3.05) is 25.9 Å². The Balaban J connectivity index is 0.00000272. The number of rotatable bonds is 6. The number of carbonyl (C=O) groups is 1. The molecule has 3 heterocycles. The van der Waals surface area contributed by atoms with Crippen LogP contribution in [0.5, 0.6) is 0 Å². The number of nitrogen functional groups attached to an aromatic ring is 1. The number of nitrogens with zero attached hydrogens (tertiary/aromatic N) is 4. The molecule has 2 aromatic heterocycles. The average Bonchev–Trinajstić information content (AvgIpc) is 3.37. The number of hydrogen-bond acceptors (Lipinski definition) is 4. The molecule has 1 saturated heterocycles. The number of para-hydroxylation sites is 1. The lowest BCUT2D eigenvalue weighted by atomic mass is 10.1. The molecule has 0 saturated carbocycles. The first kappa shape index (κ1) is 22.8. The zero-order valence-electron chi connectivity index (χ0n) is 18.1. The molecule has 1 aliphatic heterocycles. The van der Waals surface area contributed by atoms with Crippen molar-refractivity contribution in [3.05, 3.63) is 65.5 Å². The van der Waals surface area contributed by atoms with E-state index in [0.717, 1.165) is 36.5 Å². The summed E-state index contributed by atoms with van der Waals surface area (Å²) in [4.78, 5) is 21.1. The van der Waals surface area contributed by atoms with Gasteiger partial charge in [0.1, 0.15) is 5.82 Å². The molecule has 0 spiro atoms. The molecule has 31 heavy (non-hydrogen) atoms. The Bertz CT molecular complexity index is 1080. The van der Waals surface area contributed by atoms with Gasteiger partial charge in [0.05, 0.1) is 6.54 Å². The highest BCUT2D eigenvalue weighted by atomic mass is 35.5. The van der Waals surface area contributed by atoms with E-state index in [1.54, 1.807) is 17.2 Å². The van der Waals surface area contributed by atoms with Gasteiger partial charge in [0, 0.05) is 49.7 Å². The Morgan fingerprint density at radius 2 is 1.97 bits per heavy atom. The fourth-order valence-corrected chi connectivity index (χ4v) is 4.05. The maximum atomic E-state index is 12.7. The van der Waals surface area contributed by atoms with Crippen LogP contribution in [-0.2, 0) is 24.9 Å². The lowest BCUT2D eigenvalue weighted by Gasteiger charge is -2.16. The third-order valence-electron chi connectivity index (χ3n) is 5.86. The molecular weight excluding hydrogens is 410 g/mol.